The highest BCUT2D eigenvalue weighted by molar-refractivity contribution is 7.73. The predicted octanol–water partition coefficient (Wildman–Crippen LogP) is 4.01. The van der Waals surface area contributed by atoms with E-state index in [0.29, 0.717) is 24.0 Å². The van der Waals surface area contributed by atoms with Crippen molar-refractivity contribution in [2.45, 2.75) is 52.0 Å². The molecule has 1 aromatic carbocycles. The first kappa shape index (κ1) is 23.1. The maximum absolute atomic E-state index is 12.0. The van der Waals surface area contributed by atoms with Crippen LogP contribution in [0.1, 0.15) is 54.9 Å². The topological polar surface area (TPSA) is 126 Å². The molecule has 0 amide bonds. The average molecular weight is 467 g/mol. The third-order valence-electron chi connectivity index (χ3n) is 5.12. The third kappa shape index (κ3) is 5.76. The van der Waals surface area contributed by atoms with E-state index >= 15 is 0 Å². The van der Waals surface area contributed by atoms with Gasteiger partial charge < -0.3 is 9.64 Å². The second-order valence-electron chi connectivity index (χ2n) is 7.16. The number of esters is 1. The Morgan fingerprint density at radius 2 is 2.13 bits per heavy atom. The molecule has 0 spiro atoms. The number of nitrogens with zero attached hydrogens (tertiary/aromatic N) is 5. The van der Waals surface area contributed by atoms with Crippen molar-refractivity contribution >= 4 is 50.4 Å². The number of unbranched alkanes of at least 4 members (excludes halogenated alkanes) is 1. The van der Waals surface area contributed by atoms with Gasteiger partial charge in [0.25, 0.3) is 5.13 Å². The van der Waals surface area contributed by atoms with E-state index in [9.17, 15) is 13.2 Å². The number of hydrogen-bond acceptors (Lipinski definition) is 10. The molecule has 12 heteroatoms. The minimum Gasteiger partial charge on any atom is -0.460 e. The molecule has 0 radical (unpaired) electrons. The summed E-state index contributed by atoms with van der Waals surface area (Å²) in [6.45, 7) is 4.47. The quantitative estimate of drug-likeness (QED) is 0.247. The van der Waals surface area contributed by atoms with Crippen molar-refractivity contribution < 1.29 is 17.9 Å². The van der Waals surface area contributed by atoms with Crippen molar-refractivity contribution in [1.82, 2.24) is 10.2 Å². The van der Waals surface area contributed by atoms with Gasteiger partial charge in [-0.3, -0.25) is 4.72 Å². The number of ether oxygens (including phenoxy) is 1. The van der Waals surface area contributed by atoms with Crippen LogP contribution in [0.2, 0.25) is 0 Å². The number of benzene rings is 1. The lowest BCUT2D eigenvalue weighted by molar-refractivity contribution is 0.0498. The zero-order valence-corrected chi connectivity index (χ0v) is 19.4. The van der Waals surface area contributed by atoms with Gasteiger partial charge in [0.1, 0.15) is 5.69 Å². The lowest BCUT2D eigenvalue weighted by Gasteiger charge is -2.36. The molecule has 1 aromatic heterocycles. The molecule has 0 aliphatic carbocycles. The lowest BCUT2D eigenvalue weighted by atomic mass is 9.94. The van der Waals surface area contributed by atoms with E-state index in [-0.39, 0.29) is 10.1 Å². The van der Waals surface area contributed by atoms with Crippen LogP contribution in [0.15, 0.2) is 22.4 Å². The Kier molecular flexibility index (Phi) is 7.91. The van der Waals surface area contributed by atoms with Crippen LogP contribution < -0.4 is 9.62 Å². The number of nitrogens with one attached hydrogen (secondary N) is 1. The Balaban J connectivity index is 1.84. The number of carbonyl (C=O) groups excluding carboxylic acids is 1. The van der Waals surface area contributed by atoms with Crippen LogP contribution in [0.5, 0.6) is 0 Å². The van der Waals surface area contributed by atoms with E-state index in [1.807, 2.05) is 20.0 Å². The Labute approximate surface area is 186 Å². The van der Waals surface area contributed by atoms with Crippen LogP contribution in [-0.4, -0.2) is 44.3 Å². The van der Waals surface area contributed by atoms with Crippen LogP contribution in [-0.2, 0) is 22.0 Å². The minimum absolute atomic E-state index is 0.101. The molecule has 168 valence electrons. The van der Waals surface area contributed by atoms with Crippen LogP contribution in [0.4, 0.5) is 22.2 Å². The van der Waals surface area contributed by atoms with E-state index < -0.39 is 16.9 Å². The average Bonchev–Trinajstić information content (AvgIpc) is 3.22. The van der Waals surface area contributed by atoms with Crippen molar-refractivity contribution in [3.05, 3.63) is 22.7 Å². The molecule has 1 aliphatic heterocycles. The smallest absolute Gasteiger partial charge is 0.369 e. The van der Waals surface area contributed by atoms with Crippen molar-refractivity contribution in [1.29, 1.82) is 0 Å². The summed E-state index contributed by atoms with van der Waals surface area (Å²) in [4.78, 5) is 14.1. The largest absolute Gasteiger partial charge is 0.460 e. The van der Waals surface area contributed by atoms with Gasteiger partial charge in [-0.1, -0.05) is 31.6 Å². The molecule has 1 aliphatic rings. The SMILES string of the molecule is CCCCOC(=O)c1nnc(N=Nc2cc3c(cc2N[SH](=O)=O)N(C)C(CC)CC3)s1. The summed E-state index contributed by atoms with van der Waals surface area (Å²) in [5.41, 5.74) is 2.77. The van der Waals surface area contributed by atoms with E-state index in [1.165, 1.54) is 0 Å². The summed E-state index contributed by atoms with van der Waals surface area (Å²) < 4.78 is 30.2. The maximum atomic E-state index is 12.0. The highest BCUT2D eigenvalue weighted by atomic mass is 32.2. The second kappa shape index (κ2) is 10.6. The number of thiol groups is 1. The number of carbonyl (C=O) groups is 1. The first-order chi connectivity index (χ1) is 14.9. The standard InChI is InChI=1S/C19H26N6O4S2/c1-4-6-9-29-18(26)17-21-23-19(30-17)22-20-14-10-12-7-8-13(5-2)25(3)16(12)11-15(14)24-31(27)28/h10-11,13,31H,4-9H2,1-3H3,(H,24,27,28). The van der Waals surface area contributed by atoms with Crippen molar-refractivity contribution in [2.24, 2.45) is 10.2 Å². The van der Waals surface area contributed by atoms with E-state index in [2.05, 4.69) is 37.0 Å². The number of fused-ring (bicyclic) bond motifs is 1. The summed E-state index contributed by atoms with van der Waals surface area (Å²) in [7, 11) is -0.858. The highest BCUT2D eigenvalue weighted by Crippen LogP contribution is 2.39. The van der Waals surface area contributed by atoms with Gasteiger partial charge in [-0.15, -0.1) is 20.4 Å². The van der Waals surface area contributed by atoms with Gasteiger partial charge in [-0.05, 0) is 43.4 Å². The molecule has 3 rings (SSSR count). The molecular weight excluding hydrogens is 440 g/mol. The molecule has 1 N–H and O–H groups in total. The molecular formula is C19H26N6O4S2. The molecule has 0 saturated carbocycles. The predicted molar refractivity (Wildman–Crippen MR) is 120 cm³/mol. The number of aromatic nitrogens is 2. The molecule has 2 heterocycles. The number of anilines is 2. The zero-order chi connectivity index (χ0) is 22.4. The summed E-state index contributed by atoms with van der Waals surface area (Å²) in [5, 5.41) is 16.2. The summed E-state index contributed by atoms with van der Waals surface area (Å²) in [6, 6.07) is 4.03. The highest BCUT2D eigenvalue weighted by Gasteiger charge is 2.24. The fraction of sp³-hybridized carbons (Fsp3) is 0.526. The number of hydrogen-bond donors (Lipinski definition) is 2. The van der Waals surface area contributed by atoms with Crippen molar-refractivity contribution in [3.63, 3.8) is 0 Å². The van der Waals surface area contributed by atoms with Crippen LogP contribution in [0, 0.1) is 0 Å². The van der Waals surface area contributed by atoms with Crippen LogP contribution in [0.25, 0.3) is 0 Å². The zero-order valence-electron chi connectivity index (χ0n) is 17.7. The van der Waals surface area contributed by atoms with Gasteiger partial charge in [0, 0.05) is 18.8 Å². The van der Waals surface area contributed by atoms with Crippen LogP contribution >= 0.6 is 11.3 Å². The Morgan fingerprint density at radius 3 is 2.84 bits per heavy atom. The lowest BCUT2D eigenvalue weighted by Crippen LogP contribution is -2.35. The number of aryl methyl sites for hydroxylation is 1. The number of azo groups is 1. The summed E-state index contributed by atoms with van der Waals surface area (Å²) in [6.07, 6.45) is 4.59. The molecule has 1 atom stereocenters. The molecule has 0 saturated heterocycles. The van der Waals surface area contributed by atoms with Gasteiger partial charge in [-0.2, -0.15) is 0 Å². The van der Waals surface area contributed by atoms with Crippen LogP contribution in [0.3, 0.4) is 0 Å². The Bertz CT molecular complexity index is 1030. The summed E-state index contributed by atoms with van der Waals surface area (Å²) in [5.74, 6) is -0.541. The molecule has 31 heavy (non-hydrogen) atoms. The van der Waals surface area contributed by atoms with E-state index in [0.717, 1.165) is 54.7 Å². The van der Waals surface area contributed by atoms with Crippen molar-refractivity contribution in [3.8, 4) is 0 Å². The minimum atomic E-state index is -2.87. The molecule has 0 fully saturated rings. The third-order valence-corrected chi connectivity index (χ3v) is 6.33. The molecule has 1 unspecified atom stereocenters. The number of rotatable bonds is 9. The second-order valence-corrected chi connectivity index (χ2v) is 8.85. The fourth-order valence-corrected chi connectivity index (χ4v) is 4.35. The van der Waals surface area contributed by atoms with Gasteiger partial charge in [0.2, 0.25) is 15.9 Å². The van der Waals surface area contributed by atoms with Gasteiger partial charge in [0.05, 0.1) is 12.3 Å². The normalized spacial score (nSPS) is 16.0. The van der Waals surface area contributed by atoms with E-state index in [1.54, 1.807) is 6.07 Å². The van der Waals surface area contributed by atoms with Gasteiger partial charge in [-0.25, -0.2) is 13.2 Å². The fourth-order valence-electron chi connectivity index (χ4n) is 3.42. The van der Waals surface area contributed by atoms with Gasteiger partial charge >= 0.3 is 5.97 Å². The van der Waals surface area contributed by atoms with E-state index in [4.69, 9.17) is 4.74 Å². The Hall–Kier alpha value is -2.60. The monoisotopic (exact) mass is 466 g/mol. The van der Waals surface area contributed by atoms with Crippen molar-refractivity contribution in [2.75, 3.05) is 23.3 Å². The first-order valence-corrected chi connectivity index (χ1v) is 12.2. The first-order valence-electron chi connectivity index (χ1n) is 10.2. The Morgan fingerprint density at radius 1 is 1.32 bits per heavy atom. The summed E-state index contributed by atoms with van der Waals surface area (Å²) >= 11 is 0.965. The van der Waals surface area contributed by atoms with Gasteiger partial charge in [0.15, 0.2) is 0 Å². The molecule has 10 nitrogen and oxygen atoms in total. The maximum Gasteiger partial charge on any atom is 0.369 e. The molecule has 0 bridgehead atoms. The molecule has 2 aromatic rings.